The Balaban J connectivity index is 1.67. The lowest BCUT2D eigenvalue weighted by atomic mass is 9.84. The summed E-state index contributed by atoms with van der Waals surface area (Å²) in [5, 5.41) is 0. The molecule has 0 fully saturated rings. The third kappa shape index (κ3) is 13.4. The highest BCUT2D eigenvalue weighted by Crippen LogP contribution is 2.32. The molecule has 0 aliphatic carbocycles. The van der Waals surface area contributed by atoms with E-state index >= 15 is 0 Å². The molecule has 2 nitrogen and oxygen atoms in total. The maximum absolute atomic E-state index is 2.55. The van der Waals surface area contributed by atoms with Crippen LogP contribution in [0.4, 0.5) is 0 Å². The van der Waals surface area contributed by atoms with Crippen LogP contribution in [0.25, 0.3) is 0 Å². The first-order valence-corrected chi connectivity index (χ1v) is 16.0. The third-order valence-electron chi connectivity index (χ3n) is 8.54. The summed E-state index contributed by atoms with van der Waals surface area (Å²) in [6.07, 6.45) is 16.6. The standard InChI is InChI=1S/C36H61N2/c1-7-9-10-11-12-13-14-15-16-20-27-37(4)28-29-38(5,6)31-33-23-25-36(26-24-33)34(8-2)30-32(3)35-21-18-17-19-22-35/h17-19,21-26,32,34H,7-16,20,27-31H2,1-6H3/q+1. The molecule has 0 bridgehead atoms. The van der Waals surface area contributed by atoms with Crippen molar-refractivity contribution in [2.24, 2.45) is 0 Å². The fourth-order valence-corrected chi connectivity index (χ4v) is 5.77. The van der Waals surface area contributed by atoms with Crippen molar-refractivity contribution in [3.8, 4) is 0 Å². The van der Waals surface area contributed by atoms with Crippen LogP contribution in [0.1, 0.15) is 126 Å². The Morgan fingerprint density at radius 1 is 0.684 bits per heavy atom. The quantitative estimate of drug-likeness (QED) is 0.117. The van der Waals surface area contributed by atoms with Gasteiger partial charge in [0.1, 0.15) is 6.54 Å². The van der Waals surface area contributed by atoms with Crippen LogP contribution in [0.15, 0.2) is 54.6 Å². The van der Waals surface area contributed by atoms with Gasteiger partial charge < -0.3 is 9.38 Å². The number of hydrogen-bond donors (Lipinski definition) is 0. The highest BCUT2D eigenvalue weighted by molar-refractivity contribution is 5.26. The van der Waals surface area contributed by atoms with E-state index in [-0.39, 0.29) is 0 Å². The molecule has 0 N–H and O–H groups in total. The number of benzene rings is 2. The van der Waals surface area contributed by atoms with E-state index < -0.39 is 0 Å². The first-order chi connectivity index (χ1) is 18.3. The van der Waals surface area contributed by atoms with Crippen LogP contribution in [0.2, 0.25) is 0 Å². The van der Waals surface area contributed by atoms with Crippen LogP contribution >= 0.6 is 0 Å². The molecule has 2 atom stereocenters. The van der Waals surface area contributed by atoms with E-state index in [9.17, 15) is 0 Å². The van der Waals surface area contributed by atoms with Gasteiger partial charge in [-0.15, -0.1) is 0 Å². The van der Waals surface area contributed by atoms with Crippen LogP contribution in [0.5, 0.6) is 0 Å². The van der Waals surface area contributed by atoms with E-state index in [1.54, 1.807) is 0 Å². The van der Waals surface area contributed by atoms with Gasteiger partial charge in [-0.3, -0.25) is 0 Å². The molecule has 0 amide bonds. The molecule has 2 aromatic rings. The first-order valence-electron chi connectivity index (χ1n) is 16.0. The average Bonchev–Trinajstić information content (AvgIpc) is 2.92. The second-order valence-electron chi connectivity index (χ2n) is 12.7. The molecule has 0 aliphatic rings. The van der Waals surface area contributed by atoms with Crippen molar-refractivity contribution in [1.82, 2.24) is 4.90 Å². The van der Waals surface area contributed by atoms with Gasteiger partial charge in [-0.25, -0.2) is 0 Å². The summed E-state index contributed by atoms with van der Waals surface area (Å²) < 4.78 is 1.05. The molecule has 2 heteroatoms. The van der Waals surface area contributed by atoms with Crippen molar-refractivity contribution >= 4 is 0 Å². The van der Waals surface area contributed by atoms with E-state index in [4.69, 9.17) is 0 Å². The fourth-order valence-electron chi connectivity index (χ4n) is 5.77. The molecule has 214 valence electrons. The number of rotatable bonds is 21. The Hall–Kier alpha value is -1.64. The Kier molecular flexibility index (Phi) is 16.0. The van der Waals surface area contributed by atoms with E-state index in [0.717, 1.165) is 11.0 Å². The van der Waals surface area contributed by atoms with Gasteiger partial charge in [0.15, 0.2) is 0 Å². The lowest BCUT2D eigenvalue weighted by molar-refractivity contribution is -0.903. The van der Waals surface area contributed by atoms with Crippen molar-refractivity contribution in [2.45, 2.75) is 116 Å². The topological polar surface area (TPSA) is 3.24 Å². The van der Waals surface area contributed by atoms with Crippen LogP contribution in [-0.4, -0.2) is 50.2 Å². The third-order valence-corrected chi connectivity index (χ3v) is 8.54. The highest BCUT2D eigenvalue weighted by atomic mass is 15.3. The molecule has 0 aromatic heterocycles. The van der Waals surface area contributed by atoms with Gasteiger partial charge in [-0.2, -0.15) is 0 Å². The second-order valence-corrected chi connectivity index (χ2v) is 12.7. The maximum Gasteiger partial charge on any atom is 0.104 e. The van der Waals surface area contributed by atoms with Crippen LogP contribution in [0.3, 0.4) is 0 Å². The summed E-state index contributed by atoms with van der Waals surface area (Å²) in [4.78, 5) is 2.55. The van der Waals surface area contributed by atoms with Gasteiger partial charge in [0.05, 0.1) is 20.6 Å². The molecule has 0 aliphatic heterocycles. The Morgan fingerprint density at radius 3 is 1.84 bits per heavy atom. The van der Waals surface area contributed by atoms with Gasteiger partial charge in [0.25, 0.3) is 0 Å². The summed E-state index contributed by atoms with van der Waals surface area (Å²) in [6.45, 7) is 11.7. The van der Waals surface area contributed by atoms with Crippen LogP contribution in [0, 0.1) is 0 Å². The number of likely N-dealkylation sites (N-methyl/N-ethyl adjacent to an activating group) is 2. The monoisotopic (exact) mass is 521 g/mol. The number of unbranched alkanes of at least 4 members (excludes halogenated alkanes) is 9. The molecule has 0 heterocycles. The van der Waals surface area contributed by atoms with Crippen molar-refractivity contribution in [1.29, 1.82) is 0 Å². The maximum atomic E-state index is 2.55. The molecular formula is C36H61N2+. The summed E-state index contributed by atoms with van der Waals surface area (Å²) in [5.41, 5.74) is 4.42. The molecule has 0 radical (unpaired) electrons. The van der Waals surface area contributed by atoms with E-state index in [2.05, 4.69) is 101 Å². The minimum Gasteiger partial charge on any atom is -0.324 e. The molecule has 0 saturated heterocycles. The van der Waals surface area contributed by atoms with Crippen molar-refractivity contribution in [3.63, 3.8) is 0 Å². The van der Waals surface area contributed by atoms with Gasteiger partial charge in [0.2, 0.25) is 0 Å². The minimum atomic E-state index is 0.591. The van der Waals surface area contributed by atoms with Crippen LogP contribution in [-0.2, 0) is 6.54 Å². The summed E-state index contributed by atoms with van der Waals surface area (Å²) >= 11 is 0. The molecule has 2 unspecified atom stereocenters. The Labute approximate surface area is 237 Å². The zero-order valence-corrected chi connectivity index (χ0v) is 26.1. The van der Waals surface area contributed by atoms with E-state index in [1.165, 1.54) is 113 Å². The zero-order valence-electron chi connectivity index (χ0n) is 26.1. The van der Waals surface area contributed by atoms with Crippen molar-refractivity contribution in [3.05, 3.63) is 71.3 Å². The lowest BCUT2D eigenvalue weighted by Gasteiger charge is -2.32. The fraction of sp³-hybridized carbons (Fsp3) is 0.667. The number of nitrogens with zero attached hydrogens (tertiary/aromatic N) is 2. The highest BCUT2D eigenvalue weighted by Gasteiger charge is 2.18. The molecule has 38 heavy (non-hydrogen) atoms. The smallest absolute Gasteiger partial charge is 0.104 e. The number of quaternary nitrogens is 1. The van der Waals surface area contributed by atoms with Gasteiger partial charge >= 0.3 is 0 Å². The van der Waals surface area contributed by atoms with Gasteiger partial charge in [0, 0.05) is 12.1 Å². The summed E-state index contributed by atoms with van der Waals surface area (Å²) in [5.74, 6) is 1.22. The predicted octanol–water partition coefficient (Wildman–Crippen LogP) is 9.80. The SMILES string of the molecule is CCCCCCCCCCCCN(C)CC[N+](C)(C)Cc1ccc(C(CC)CC(C)c2ccccc2)cc1. The van der Waals surface area contributed by atoms with Crippen molar-refractivity contribution < 1.29 is 4.48 Å². The molecular weight excluding hydrogens is 460 g/mol. The molecule has 0 spiro atoms. The van der Waals surface area contributed by atoms with Crippen molar-refractivity contribution in [2.75, 3.05) is 40.8 Å². The van der Waals surface area contributed by atoms with E-state index in [1.807, 2.05) is 0 Å². The lowest BCUT2D eigenvalue weighted by Crippen LogP contribution is -2.44. The number of hydrogen-bond acceptors (Lipinski definition) is 1. The molecule has 0 saturated carbocycles. The van der Waals surface area contributed by atoms with Gasteiger partial charge in [-0.05, 0) is 55.8 Å². The second kappa shape index (κ2) is 18.6. The normalized spacial score (nSPS) is 13.7. The Morgan fingerprint density at radius 2 is 1.26 bits per heavy atom. The van der Waals surface area contributed by atoms with E-state index in [0.29, 0.717) is 11.8 Å². The average molecular weight is 522 g/mol. The summed E-state index contributed by atoms with van der Waals surface area (Å²) in [7, 11) is 7.08. The van der Waals surface area contributed by atoms with Crippen LogP contribution < -0.4 is 0 Å². The predicted molar refractivity (Wildman–Crippen MR) is 169 cm³/mol. The Bertz CT molecular complexity index is 826. The van der Waals surface area contributed by atoms with Gasteiger partial charge in [-0.1, -0.05) is 133 Å². The largest absolute Gasteiger partial charge is 0.324 e. The zero-order chi connectivity index (χ0) is 27.6. The minimum absolute atomic E-state index is 0.591. The molecule has 2 rings (SSSR count). The first kappa shape index (κ1) is 32.6. The molecule has 2 aromatic carbocycles. The summed E-state index contributed by atoms with van der Waals surface area (Å²) in [6, 6.07) is 20.6.